The van der Waals surface area contributed by atoms with E-state index in [9.17, 15) is 9.59 Å². The number of nitrogens with one attached hydrogen (secondary N) is 2. The Balaban J connectivity index is 2.07. The first kappa shape index (κ1) is 16.4. The van der Waals surface area contributed by atoms with Crippen molar-refractivity contribution in [3.8, 4) is 0 Å². The van der Waals surface area contributed by atoms with Crippen LogP contribution in [-0.2, 0) is 0 Å². The molecule has 23 heavy (non-hydrogen) atoms. The summed E-state index contributed by atoms with van der Waals surface area (Å²) in [6.07, 6.45) is 1.51. The van der Waals surface area contributed by atoms with Crippen molar-refractivity contribution in [3.63, 3.8) is 0 Å². The van der Waals surface area contributed by atoms with Crippen molar-refractivity contribution in [2.75, 3.05) is 12.5 Å². The molecule has 6 nitrogen and oxygen atoms in total. The summed E-state index contributed by atoms with van der Waals surface area (Å²) in [6, 6.07) is 10.5. The minimum Gasteiger partial charge on any atom is -0.355 e. The van der Waals surface area contributed by atoms with E-state index < -0.39 is 0 Å². The molecule has 1 aromatic heterocycles. The van der Waals surface area contributed by atoms with Crippen molar-refractivity contribution < 1.29 is 9.59 Å². The molecule has 118 valence electrons. The summed E-state index contributed by atoms with van der Waals surface area (Å²) in [4.78, 5) is 26.8. The first-order valence-corrected chi connectivity index (χ1v) is 7.11. The van der Waals surface area contributed by atoms with Crippen LogP contribution in [0.1, 0.15) is 40.1 Å². The molecule has 0 atom stereocenters. The van der Waals surface area contributed by atoms with Gasteiger partial charge in [0.2, 0.25) is 0 Å². The maximum absolute atomic E-state index is 11.5. The Morgan fingerprint density at radius 2 is 1.57 bits per heavy atom. The van der Waals surface area contributed by atoms with Crippen LogP contribution >= 0.6 is 0 Å². The normalized spacial score (nSPS) is 11.0. The fraction of sp³-hybridized carbons (Fsp3) is 0.176. The van der Waals surface area contributed by atoms with Gasteiger partial charge in [-0.05, 0) is 43.7 Å². The summed E-state index contributed by atoms with van der Waals surface area (Å²) in [6.45, 7) is 3.35. The largest absolute Gasteiger partial charge is 0.355 e. The zero-order chi connectivity index (χ0) is 16.8. The first-order valence-electron chi connectivity index (χ1n) is 7.11. The average molecular weight is 310 g/mol. The lowest BCUT2D eigenvalue weighted by atomic mass is 10.1. The van der Waals surface area contributed by atoms with E-state index in [0.717, 1.165) is 11.3 Å². The summed E-state index contributed by atoms with van der Waals surface area (Å²) >= 11 is 0. The van der Waals surface area contributed by atoms with Crippen LogP contribution in [0, 0.1) is 0 Å². The third-order valence-electron chi connectivity index (χ3n) is 3.30. The Bertz CT molecular complexity index is 734. The Labute approximate surface area is 134 Å². The lowest BCUT2D eigenvalue weighted by Crippen LogP contribution is -2.17. The molecular formula is C17H18N4O2. The number of hydrogen-bond donors (Lipinski definition) is 2. The second kappa shape index (κ2) is 7.31. The zero-order valence-electron chi connectivity index (χ0n) is 13.3. The number of benzene rings is 1. The number of pyridine rings is 1. The quantitative estimate of drug-likeness (QED) is 0.505. The molecule has 6 heteroatoms. The summed E-state index contributed by atoms with van der Waals surface area (Å²) < 4.78 is 0. The SMILES string of the molecule is CNC(=O)c1ccc(/C(C)=N/Nc2ccc(C(C)=O)cn2)cc1. The number of anilines is 1. The average Bonchev–Trinajstić information content (AvgIpc) is 2.59. The Kier molecular flexibility index (Phi) is 5.19. The molecule has 0 aliphatic carbocycles. The number of Topliss-reactive ketones (excluding diaryl/α,β-unsaturated/α-hetero) is 1. The molecule has 0 aliphatic rings. The van der Waals surface area contributed by atoms with E-state index in [2.05, 4.69) is 20.8 Å². The lowest BCUT2D eigenvalue weighted by Gasteiger charge is -2.05. The van der Waals surface area contributed by atoms with E-state index in [-0.39, 0.29) is 11.7 Å². The van der Waals surface area contributed by atoms with Crippen molar-refractivity contribution in [2.24, 2.45) is 5.10 Å². The molecular weight excluding hydrogens is 292 g/mol. The fourth-order valence-electron chi connectivity index (χ4n) is 1.88. The Hall–Kier alpha value is -3.02. The molecule has 0 fully saturated rings. The molecule has 1 aromatic carbocycles. The summed E-state index contributed by atoms with van der Waals surface area (Å²) in [5.74, 6) is 0.398. The van der Waals surface area contributed by atoms with Gasteiger partial charge in [0, 0.05) is 24.4 Å². The maximum Gasteiger partial charge on any atom is 0.251 e. The molecule has 0 saturated carbocycles. The topological polar surface area (TPSA) is 83.5 Å². The smallest absolute Gasteiger partial charge is 0.251 e. The van der Waals surface area contributed by atoms with Crippen LogP contribution < -0.4 is 10.7 Å². The molecule has 2 N–H and O–H groups in total. The number of ketones is 1. The number of aromatic nitrogens is 1. The number of rotatable bonds is 5. The number of carbonyl (C=O) groups is 2. The molecule has 1 heterocycles. The Morgan fingerprint density at radius 3 is 2.09 bits per heavy atom. The van der Waals surface area contributed by atoms with Gasteiger partial charge < -0.3 is 5.32 Å². The predicted molar refractivity (Wildman–Crippen MR) is 89.9 cm³/mol. The van der Waals surface area contributed by atoms with Crippen molar-refractivity contribution in [3.05, 3.63) is 59.3 Å². The van der Waals surface area contributed by atoms with Crippen LogP contribution in [0.15, 0.2) is 47.7 Å². The van der Waals surface area contributed by atoms with Gasteiger partial charge in [-0.2, -0.15) is 5.10 Å². The number of carbonyl (C=O) groups excluding carboxylic acids is 2. The molecule has 0 spiro atoms. The van der Waals surface area contributed by atoms with Crippen LogP contribution in [0.25, 0.3) is 0 Å². The minimum atomic E-state index is -0.126. The van der Waals surface area contributed by atoms with Crippen molar-refractivity contribution in [1.29, 1.82) is 0 Å². The summed E-state index contributed by atoms with van der Waals surface area (Å²) in [5, 5.41) is 6.83. The van der Waals surface area contributed by atoms with Gasteiger partial charge in [0.1, 0.15) is 5.82 Å². The van der Waals surface area contributed by atoms with Gasteiger partial charge in [-0.15, -0.1) is 0 Å². The highest BCUT2D eigenvalue weighted by molar-refractivity contribution is 6.00. The van der Waals surface area contributed by atoms with E-state index >= 15 is 0 Å². The second-order valence-electron chi connectivity index (χ2n) is 4.95. The number of nitrogens with zero attached hydrogens (tertiary/aromatic N) is 2. The van der Waals surface area contributed by atoms with Gasteiger partial charge in [0.05, 0.1) is 5.71 Å². The van der Waals surface area contributed by atoms with Crippen LogP contribution in [0.3, 0.4) is 0 Å². The van der Waals surface area contributed by atoms with E-state index in [0.29, 0.717) is 16.9 Å². The van der Waals surface area contributed by atoms with Crippen molar-refractivity contribution in [1.82, 2.24) is 10.3 Å². The van der Waals surface area contributed by atoms with Gasteiger partial charge >= 0.3 is 0 Å². The minimum absolute atomic E-state index is 0.0278. The van der Waals surface area contributed by atoms with Crippen molar-refractivity contribution >= 4 is 23.2 Å². The van der Waals surface area contributed by atoms with E-state index in [1.54, 1.807) is 31.3 Å². The maximum atomic E-state index is 11.5. The van der Waals surface area contributed by atoms with Gasteiger partial charge in [-0.1, -0.05) is 12.1 Å². The molecule has 1 amide bonds. The Morgan fingerprint density at radius 1 is 0.957 bits per heavy atom. The van der Waals surface area contributed by atoms with Crippen LogP contribution in [0.2, 0.25) is 0 Å². The first-order chi connectivity index (χ1) is 11.0. The van der Waals surface area contributed by atoms with Gasteiger partial charge in [-0.25, -0.2) is 4.98 Å². The number of hydrazone groups is 1. The summed E-state index contributed by atoms with van der Waals surface area (Å²) in [7, 11) is 1.59. The van der Waals surface area contributed by atoms with E-state index in [4.69, 9.17) is 0 Å². The molecule has 0 saturated heterocycles. The molecule has 0 unspecified atom stereocenters. The fourth-order valence-corrected chi connectivity index (χ4v) is 1.88. The second-order valence-corrected chi connectivity index (χ2v) is 4.95. The molecule has 0 aliphatic heterocycles. The number of hydrogen-bond acceptors (Lipinski definition) is 5. The molecule has 2 rings (SSSR count). The zero-order valence-corrected chi connectivity index (χ0v) is 13.3. The lowest BCUT2D eigenvalue weighted by molar-refractivity contribution is 0.0962. The van der Waals surface area contributed by atoms with Crippen LogP contribution in [0.5, 0.6) is 0 Å². The van der Waals surface area contributed by atoms with Gasteiger partial charge in [-0.3, -0.25) is 15.0 Å². The third-order valence-corrected chi connectivity index (χ3v) is 3.30. The summed E-state index contributed by atoms with van der Waals surface area (Å²) in [5.41, 5.74) is 5.65. The molecule has 0 bridgehead atoms. The highest BCUT2D eigenvalue weighted by Gasteiger charge is 2.04. The monoisotopic (exact) mass is 310 g/mol. The highest BCUT2D eigenvalue weighted by atomic mass is 16.1. The van der Waals surface area contributed by atoms with Gasteiger partial charge in [0.15, 0.2) is 5.78 Å². The molecule has 0 radical (unpaired) electrons. The van der Waals surface area contributed by atoms with Crippen molar-refractivity contribution in [2.45, 2.75) is 13.8 Å². The van der Waals surface area contributed by atoms with E-state index in [1.165, 1.54) is 13.1 Å². The number of amides is 1. The van der Waals surface area contributed by atoms with E-state index in [1.807, 2.05) is 19.1 Å². The standard InChI is InChI=1S/C17H18N4O2/c1-11(13-4-6-14(7-5-13)17(23)18-3)20-21-16-9-8-15(10-19-16)12(2)22/h4-10H,1-3H3,(H,18,23)(H,19,21)/b20-11+. The molecule has 2 aromatic rings. The van der Waals surface area contributed by atoms with Crippen LogP contribution in [-0.4, -0.2) is 29.4 Å². The highest BCUT2D eigenvalue weighted by Crippen LogP contribution is 2.08. The van der Waals surface area contributed by atoms with Crippen LogP contribution in [0.4, 0.5) is 5.82 Å². The van der Waals surface area contributed by atoms with Gasteiger partial charge in [0.25, 0.3) is 5.91 Å². The predicted octanol–water partition coefficient (Wildman–Crippen LogP) is 2.48. The third kappa shape index (κ3) is 4.23.